The summed E-state index contributed by atoms with van der Waals surface area (Å²) in [5.74, 6) is 0. The van der Waals surface area contributed by atoms with Crippen LogP contribution in [0.5, 0.6) is 0 Å². The second-order valence-corrected chi connectivity index (χ2v) is 4.83. The molecule has 0 spiro atoms. The summed E-state index contributed by atoms with van der Waals surface area (Å²) in [5, 5.41) is 5.49. The van der Waals surface area contributed by atoms with E-state index in [4.69, 9.17) is 5.73 Å². The van der Waals surface area contributed by atoms with Gasteiger partial charge in [0, 0.05) is 11.9 Å². The van der Waals surface area contributed by atoms with Crippen LogP contribution >= 0.6 is 0 Å². The zero-order chi connectivity index (χ0) is 11.8. The van der Waals surface area contributed by atoms with Crippen LogP contribution in [0.3, 0.4) is 0 Å². The molecule has 0 saturated carbocycles. The molecule has 3 heterocycles. The van der Waals surface area contributed by atoms with Crippen LogP contribution in [-0.4, -0.2) is 39.8 Å². The Hall–Kier alpha value is -1.62. The number of fused-ring (bicyclic) bond motifs is 1. The highest BCUT2D eigenvalue weighted by atomic mass is 15.3. The molecular weight excluding hydrogens is 214 g/mol. The summed E-state index contributed by atoms with van der Waals surface area (Å²) in [6.07, 6.45) is 5.95. The van der Waals surface area contributed by atoms with E-state index < -0.39 is 0 Å². The minimum atomic E-state index is 0.433. The summed E-state index contributed by atoms with van der Waals surface area (Å²) in [4.78, 5) is 6.74. The number of aromatic nitrogens is 3. The van der Waals surface area contributed by atoms with Gasteiger partial charge in [-0.05, 0) is 32.5 Å². The van der Waals surface area contributed by atoms with Crippen molar-refractivity contribution in [3.8, 4) is 0 Å². The van der Waals surface area contributed by atoms with Crippen LogP contribution in [0.25, 0.3) is 11.0 Å². The van der Waals surface area contributed by atoms with Crippen LogP contribution in [-0.2, 0) is 0 Å². The molecule has 5 nitrogen and oxygen atoms in total. The SMILES string of the molecule is CN1CCCC(n2ncc3cc(N)cnc32)C1. The molecular formula is C12H17N5. The van der Waals surface area contributed by atoms with E-state index in [2.05, 4.69) is 22.0 Å². The lowest BCUT2D eigenvalue weighted by Gasteiger charge is -2.29. The fraction of sp³-hybridized carbons (Fsp3) is 0.500. The van der Waals surface area contributed by atoms with Gasteiger partial charge in [0.25, 0.3) is 0 Å². The summed E-state index contributed by atoms with van der Waals surface area (Å²) in [6, 6.07) is 2.36. The molecule has 2 aromatic rings. The zero-order valence-corrected chi connectivity index (χ0v) is 10.0. The number of likely N-dealkylation sites (tertiary alicyclic amines) is 1. The van der Waals surface area contributed by atoms with Crippen molar-refractivity contribution < 1.29 is 0 Å². The van der Waals surface area contributed by atoms with Crippen molar-refractivity contribution >= 4 is 16.7 Å². The molecule has 1 saturated heterocycles. The lowest BCUT2D eigenvalue weighted by atomic mass is 10.1. The molecule has 2 N–H and O–H groups in total. The maximum Gasteiger partial charge on any atom is 0.158 e. The molecule has 0 radical (unpaired) electrons. The number of anilines is 1. The van der Waals surface area contributed by atoms with Gasteiger partial charge in [0.05, 0.1) is 24.1 Å². The molecule has 5 heteroatoms. The lowest BCUT2D eigenvalue weighted by molar-refractivity contribution is 0.205. The molecule has 1 unspecified atom stereocenters. The third kappa shape index (κ3) is 1.86. The number of nitrogens with zero attached hydrogens (tertiary/aromatic N) is 4. The van der Waals surface area contributed by atoms with Crippen molar-refractivity contribution in [3.63, 3.8) is 0 Å². The molecule has 0 amide bonds. The maximum absolute atomic E-state index is 5.73. The van der Waals surface area contributed by atoms with E-state index in [-0.39, 0.29) is 0 Å². The average Bonchev–Trinajstić information content (AvgIpc) is 2.71. The number of likely N-dealkylation sites (N-methyl/N-ethyl adjacent to an activating group) is 1. The van der Waals surface area contributed by atoms with E-state index in [1.807, 2.05) is 16.9 Å². The largest absolute Gasteiger partial charge is 0.397 e. The first-order valence-corrected chi connectivity index (χ1v) is 6.01. The number of hydrogen-bond acceptors (Lipinski definition) is 4. The normalized spacial score (nSPS) is 22.1. The van der Waals surface area contributed by atoms with Crippen LogP contribution in [0.1, 0.15) is 18.9 Å². The first kappa shape index (κ1) is 10.5. The zero-order valence-electron chi connectivity index (χ0n) is 10.0. The Morgan fingerprint density at radius 3 is 3.12 bits per heavy atom. The van der Waals surface area contributed by atoms with E-state index in [9.17, 15) is 0 Å². The van der Waals surface area contributed by atoms with Crippen LogP contribution in [0.15, 0.2) is 18.5 Å². The van der Waals surface area contributed by atoms with E-state index in [1.165, 1.54) is 19.4 Å². The summed E-state index contributed by atoms with van der Waals surface area (Å²) < 4.78 is 2.05. The minimum Gasteiger partial charge on any atom is -0.397 e. The minimum absolute atomic E-state index is 0.433. The molecule has 3 rings (SSSR count). The average molecular weight is 231 g/mol. The fourth-order valence-electron chi connectivity index (χ4n) is 2.56. The number of piperidine rings is 1. The number of hydrogen-bond donors (Lipinski definition) is 1. The maximum atomic E-state index is 5.73. The van der Waals surface area contributed by atoms with Crippen molar-refractivity contribution in [3.05, 3.63) is 18.5 Å². The van der Waals surface area contributed by atoms with Crippen molar-refractivity contribution in [1.82, 2.24) is 19.7 Å². The molecule has 1 aliphatic rings. The Morgan fingerprint density at radius 1 is 1.41 bits per heavy atom. The molecule has 17 heavy (non-hydrogen) atoms. The highest BCUT2D eigenvalue weighted by molar-refractivity contribution is 5.77. The Morgan fingerprint density at radius 2 is 2.29 bits per heavy atom. The number of pyridine rings is 1. The lowest BCUT2D eigenvalue weighted by Crippen LogP contribution is -2.34. The molecule has 1 atom stereocenters. The number of nitrogen functional groups attached to an aromatic ring is 1. The van der Waals surface area contributed by atoms with Gasteiger partial charge in [-0.3, -0.25) is 0 Å². The predicted molar refractivity (Wildman–Crippen MR) is 67.7 cm³/mol. The van der Waals surface area contributed by atoms with Gasteiger partial charge >= 0.3 is 0 Å². The summed E-state index contributed by atoms with van der Waals surface area (Å²) >= 11 is 0. The summed E-state index contributed by atoms with van der Waals surface area (Å²) in [7, 11) is 2.16. The molecule has 90 valence electrons. The van der Waals surface area contributed by atoms with Gasteiger partial charge in [-0.15, -0.1) is 0 Å². The summed E-state index contributed by atoms with van der Waals surface area (Å²) in [6.45, 7) is 2.22. The quantitative estimate of drug-likeness (QED) is 0.803. The second kappa shape index (κ2) is 4.00. The Bertz CT molecular complexity index is 533. The van der Waals surface area contributed by atoms with Gasteiger partial charge in [-0.2, -0.15) is 5.10 Å². The highest BCUT2D eigenvalue weighted by Crippen LogP contribution is 2.24. The molecule has 0 aromatic carbocycles. The molecule has 1 aliphatic heterocycles. The van der Waals surface area contributed by atoms with Gasteiger partial charge in [-0.25, -0.2) is 9.67 Å². The van der Waals surface area contributed by atoms with Crippen molar-refractivity contribution in [2.24, 2.45) is 0 Å². The Labute approximate surface area is 100 Å². The van der Waals surface area contributed by atoms with E-state index >= 15 is 0 Å². The Kier molecular flexibility index (Phi) is 2.48. The third-order valence-electron chi connectivity index (χ3n) is 3.40. The van der Waals surface area contributed by atoms with Gasteiger partial charge < -0.3 is 10.6 Å². The monoisotopic (exact) mass is 231 g/mol. The molecule has 2 aromatic heterocycles. The number of rotatable bonds is 1. The van der Waals surface area contributed by atoms with Gasteiger partial charge in [0.2, 0.25) is 0 Å². The van der Waals surface area contributed by atoms with Crippen molar-refractivity contribution in [2.75, 3.05) is 25.9 Å². The molecule has 1 fully saturated rings. The standard InChI is InChI=1S/C12H17N5/c1-16-4-2-3-11(8-16)17-12-9(6-15-17)5-10(13)7-14-12/h5-7,11H,2-4,8,13H2,1H3. The van der Waals surface area contributed by atoms with Crippen LogP contribution < -0.4 is 5.73 Å². The first-order valence-electron chi connectivity index (χ1n) is 6.01. The molecule has 0 aliphatic carbocycles. The van der Waals surface area contributed by atoms with Crippen molar-refractivity contribution in [2.45, 2.75) is 18.9 Å². The molecule has 0 bridgehead atoms. The van der Waals surface area contributed by atoms with Gasteiger partial charge in [-0.1, -0.05) is 0 Å². The topological polar surface area (TPSA) is 60.0 Å². The van der Waals surface area contributed by atoms with Crippen LogP contribution in [0, 0.1) is 0 Å². The van der Waals surface area contributed by atoms with Gasteiger partial charge in [0.15, 0.2) is 5.65 Å². The Balaban J connectivity index is 1.99. The van der Waals surface area contributed by atoms with Crippen LogP contribution in [0.2, 0.25) is 0 Å². The second-order valence-electron chi connectivity index (χ2n) is 4.83. The van der Waals surface area contributed by atoms with E-state index in [0.717, 1.165) is 17.6 Å². The van der Waals surface area contributed by atoms with Crippen molar-refractivity contribution in [1.29, 1.82) is 0 Å². The predicted octanol–water partition coefficient (Wildman–Crippen LogP) is 1.28. The first-order chi connectivity index (χ1) is 8.24. The van der Waals surface area contributed by atoms with Gasteiger partial charge in [0.1, 0.15) is 0 Å². The van der Waals surface area contributed by atoms with Crippen LogP contribution in [0.4, 0.5) is 5.69 Å². The third-order valence-corrected chi connectivity index (χ3v) is 3.40. The highest BCUT2D eigenvalue weighted by Gasteiger charge is 2.21. The van der Waals surface area contributed by atoms with E-state index in [1.54, 1.807) is 6.20 Å². The number of nitrogens with two attached hydrogens (primary N) is 1. The summed E-state index contributed by atoms with van der Waals surface area (Å²) in [5.41, 5.74) is 7.36. The van der Waals surface area contributed by atoms with E-state index in [0.29, 0.717) is 11.7 Å². The fourth-order valence-corrected chi connectivity index (χ4v) is 2.56. The smallest absolute Gasteiger partial charge is 0.158 e.